The first-order chi connectivity index (χ1) is 11.7. The number of aryl methyl sites for hydroxylation is 1. The minimum atomic E-state index is 0.119. The fourth-order valence-corrected chi connectivity index (χ4v) is 3.82. The van der Waals surface area contributed by atoms with Crippen molar-refractivity contribution in [2.45, 2.75) is 38.8 Å². The average molecular weight is 326 g/mol. The molecule has 1 amide bonds. The topological polar surface area (TPSA) is 71.3 Å². The molecule has 6 heteroatoms. The van der Waals surface area contributed by atoms with Crippen LogP contribution in [0, 0.1) is 12.8 Å². The van der Waals surface area contributed by atoms with E-state index in [-0.39, 0.29) is 17.9 Å². The van der Waals surface area contributed by atoms with E-state index >= 15 is 0 Å². The van der Waals surface area contributed by atoms with Crippen LogP contribution in [0.1, 0.15) is 35.7 Å². The van der Waals surface area contributed by atoms with Crippen LogP contribution in [0.4, 0.5) is 0 Å². The van der Waals surface area contributed by atoms with Crippen LogP contribution >= 0.6 is 0 Å². The quantitative estimate of drug-likeness (QED) is 0.925. The van der Waals surface area contributed by atoms with Gasteiger partial charge in [0.2, 0.25) is 11.8 Å². The van der Waals surface area contributed by atoms with Crippen molar-refractivity contribution in [1.29, 1.82) is 0 Å². The first-order valence-corrected chi connectivity index (χ1v) is 8.58. The molecule has 2 saturated heterocycles. The Morgan fingerprint density at radius 2 is 2.25 bits per heavy atom. The number of carbonyl (C=O) groups excluding carboxylic acids is 1. The monoisotopic (exact) mass is 326 g/mol. The van der Waals surface area contributed by atoms with E-state index in [4.69, 9.17) is 4.52 Å². The standard InChI is InChI=1S/C18H22N4O2/c1-12-5-2-3-6-13(12)9-16-20-17(24-21-16)11-22-8-4-7-14-15(22)10-19-18(14)23/h2-3,5-6,14-15H,4,7-11H2,1H3,(H,19,23)/t14-,15-/m1/s1. The maximum atomic E-state index is 11.9. The number of aromatic nitrogens is 2. The molecule has 6 nitrogen and oxygen atoms in total. The molecule has 0 radical (unpaired) electrons. The Bertz CT molecular complexity index is 742. The summed E-state index contributed by atoms with van der Waals surface area (Å²) in [5, 5.41) is 7.10. The number of piperidine rings is 1. The zero-order chi connectivity index (χ0) is 16.5. The van der Waals surface area contributed by atoms with Crippen molar-refractivity contribution in [3.8, 4) is 0 Å². The van der Waals surface area contributed by atoms with Crippen LogP contribution < -0.4 is 5.32 Å². The molecule has 1 N–H and O–H groups in total. The van der Waals surface area contributed by atoms with Crippen LogP contribution in [0.3, 0.4) is 0 Å². The fraction of sp³-hybridized carbons (Fsp3) is 0.500. The van der Waals surface area contributed by atoms with Crippen LogP contribution in [0.2, 0.25) is 0 Å². The van der Waals surface area contributed by atoms with Crippen molar-refractivity contribution in [3.05, 3.63) is 47.1 Å². The van der Waals surface area contributed by atoms with Gasteiger partial charge in [-0.05, 0) is 37.4 Å². The van der Waals surface area contributed by atoms with E-state index in [1.807, 2.05) is 12.1 Å². The number of amides is 1. The molecule has 2 atom stereocenters. The molecule has 24 heavy (non-hydrogen) atoms. The Balaban J connectivity index is 1.44. The lowest BCUT2D eigenvalue weighted by Gasteiger charge is -2.34. The molecule has 126 valence electrons. The lowest BCUT2D eigenvalue weighted by molar-refractivity contribution is -0.124. The predicted octanol–water partition coefficient (Wildman–Crippen LogP) is 1.68. The van der Waals surface area contributed by atoms with Gasteiger partial charge in [-0.2, -0.15) is 4.98 Å². The molecule has 3 heterocycles. The van der Waals surface area contributed by atoms with Crippen molar-refractivity contribution < 1.29 is 9.32 Å². The van der Waals surface area contributed by atoms with Crippen LogP contribution in [0.5, 0.6) is 0 Å². The van der Waals surface area contributed by atoms with Crippen LogP contribution in [-0.4, -0.2) is 40.1 Å². The van der Waals surface area contributed by atoms with Crippen molar-refractivity contribution in [1.82, 2.24) is 20.4 Å². The van der Waals surface area contributed by atoms with Gasteiger partial charge in [0.05, 0.1) is 12.5 Å². The minimum Gasteiger partial charge on any atom is -0.354 e. The highest BCUT2D eigenvalue weighted by atomic mass is 16.5. The van der Waals surface area contributed by atoms with E-state index < -0.39 is 0 Å². The molecule has 4 rings (SSSR count). The molecule has 2 aliphatic rings. The second-order valence-corrected chi connectivity index (χ2v) is 6.74. The molecule has 0 spiro atoms. The predicted molar refractivity (Wildman–Crippen MR) is 88.2 cm³/mol. The second-order valence-electron chi connectivity index (χ2n) is 6.74. The molecule has 1 aromatic heterocycles. The van der Waals surface area contributed by atoms with Gasteiger partial charge in [0.1, 0.15) is 0 Å². The van der Waals surface area contributed by atoms with E-state index in [1.54, 1.807) is 0 Å². The summed E-state index contributed by atoms with van der Waals surface area (Å²) in [6.07, 6.45) is 2.70. The summed E-state index contributed by atoms with van der Waals surface area (Å²) in [5.41, 5.74) is 2.45. The van der Waals surface area contributed by atoms with E-state index in [0.717, 1.165) is 25.9 Å². The van der Waals surface area contributed by atoms with Crippen molar-refractivity contribution >= 4 is 5.91 Å². The fourth-order valence-electron chi connectivity index (χ4n) is 3.82. The Hall–Kier alpha value is -2.21. The minimum absolute atomic E-state index is 0.119. The van der Waals surface area contributed by atoms with Crippen LogP contribution in [0.15, 0.2) is 28.8 Å². The highest BCUT2D eigenvalue weighted by molar-refractivity contribution is 5.82. The second kappa shape index (κ2) is 6.36. The number of benzene rings is 1. The van der Waals surface area contributed by atoms with Crippen molar-refractivity contribution in [3.63, 3.8) is 0 Å². The summed E-state index contributed by atoms with van der Waals surface area (Å²) in [7, 11) is 0. The molecular weight excluding hydrogens is 304 g/mol. The van der Waals surface area contributed by atoms with Gasteiger partial charge in [-0.15, -0.1) is 0 Å². The van der Waals surface area contributed by atoms with E-state index in [9.17, 15) is 4.79 Å². The van der Waals surface area contributed by atoms with E-state index in [2.05, 4.69) is 39.4 Å². The van der Waals surface area contributed by atoms with Crippen molar-refractivity contribution in [2.24, 2.45) is 5.92 Å². The first-order valence-electron chi connectivity index (χ1n) is 8.58. The Labute approximate surface area is 141 Å². The third-order valence-electron chi connectivity index (χ3n) is 5.17. The van der Waals surface area contributed by atoms with Gasteiger partial charge >= 0.3 is 0 Å². The largest absolute Gasteiger partial charge is 0.354 e. The zero-order valence-electron chi connectivity index (χ0n) is 13.9. The number of nitrogens with zero attached hydrogens (tertiary/aromatic N) is 3. The van der Waals surface area contributed by atoms with Gasteiger partial charge in [0.15, 0.2) is 5.82 Å². The highest BCUT2D eigenvalue weighted by Gasteiger charge is 2.41. The number of likely N-dealkylation sites (tertiary alicyclic amines) is 1. The molecule has 2 aromatic rings. The SMILES string of the molecule is Cc1ccccc1Cc1noc(CN2CCC[C@H]3C(=O)NC[C@H]32)n1. The number of fused-ring (bicyclic) bond motifs is 1. The molecule has 0 aliphatic carbocycles. The maximum Gasteiger partial charge on any atom is 0.240 e. The molecule has 0 bridgehead atoms. The summed E-state index contributed by atoms with van der Waals surface area (Å²) in [6, 6.07) is 8.51. The Kier molecular flexibility index (Phi) is 4.06. The summed E-state index contributed by atoms with van der Waals surface area (Å²) in [5.74, 6) is 1.66. The van der Waals surface area contributed by atoms with Crippen LogP contribution in [-0.2, 0) is 17.8 Å². The average Bonchev–Trinajstić information content (AvgIpc) is 3.18. The smallest absolute Gasteiger partial charge is 0.240 e. The number of hydrogen-bond donors (Lipinski definition) is 1. The third kappa shape index (κ3) is 2.94. The summed E-state index contributed by atoms with van der Waals surface area (Å²) < 4.78 is 5.45. The van der Waals surface area contributed by atoms with E-state index in [1.165, 1.54) is 11.1 Å². The molecule has 2 aliphatic heterocycles. The zero-order valence-corrected chi connectivity index (χ0v) is 13.9. The lowest BCUT2D eigenvalue weighted by atomic mass is 9.91. The van der Waals surface area contributed by atoms with Gasteiger partial charge in [0.25, 0.3) is 0 Å². The Morgan fingerprint density at radius 1 is 1.38 bits per heavy atom. The van der Waals surface area contributed by atoms with Crippen LogP contribution in [0.25, 0.3) is 0 Å². The number of hydrogen-bond acceptors (Lipinski definition) is 5. The number of nitrogens with one attached hydrogen (secondary N) is 1. The maximum absolute atomic E-state index is 11.9. The number of rotatable bonds is 4. The summed E-state index contributed by atoms with van der Waals surface area (Å²) in [4.78, 5) is 18.7. The normalized spacial score (nSPS) is 24.0. The van der Waals surface area contributed by atoms with Gasteiger partial charge in [0, 0.05) is 19.0 Å². The highest BCUT2D eigenvalue weighted by Crippen LogP contribution is 2.28. The molecule has 0 saturated carbocycles. The van der Waals surface area contributed by atoms with Gasteiger partial charge < -0.3 is 9.84 Å². The van der Waals surface area contributed by atoms with E-state index in [0.29, 0.717) is 24.7 Å². The lowest BCUT2D eigenvalue weighted by Crippen LogP contribution is -2.44. The molecule has 0 unspecified atom stereocenters. The molecule has 1 aromatic carbocycles. The summed E-state index contributed by atoms with van der Waals surface area (Å²) in [6.45, 7) is 4.42. The summed E-state index contributed by atoms with van der Waals surface area (Å²) >= 11 is 0. The first kappa shape index (κ1) is 15.3. The van der Waals surface area contributed by atoms with Crippen molar-refractivity contribution in [2.75, 3.05) is 13.1 Å². The van der Waals surface area contributed by atoms with Gasteiger partial charge in [-0.3, -0.25) is 9.69 Å². The van der Waals surface area contributed by atoms with Gasteiger partial charge in [-0.1, -0.05) is 29.4 Å². The third-order valence-corrected chi connectivity index (χ3v) is 5.17. The number of carbonyl (C=O) groups is 1. The van der Waals surface area contributed by atoms with Gasteiger partial charge in [-0.25, -0.2) is 0 Å². The molecule has 2 fully saturated rings. The molecular formula is C18H22N4O2. The Morgan fingerprint density at radius 3 is 3.12 bits per heavy atom.